The van der Waals surface area contributed by atoms with E-state index in [2.05, 4.69) is 5.32 Å². The molecule has 0 saturated carbocycles. The first-order valence-corrected chi connectivity index (χ1v) is 8.05. The van der Waals surface area contributed by atoms with Crippen molar-refractivity contribution in [2.24, 2.45) is 0 Å². The molecular weight excluding hydrogens is 280 g/mol. The standard InChI is InChI=1S/C17H26N2O3/c1-14-6-8-16(9-7-14)22-12-3-2-10-18-17(21)19-11-4-5-15(20)13-19/h6-9,15,20H,2-5,10-13H2,1H3,(H,18,21). The van der Waals surface area contributed by atoms with E-state index in [1.807, 2.05) is 31.2 Å². The van der Waals surface area contributed by atoms with Gasteiger partial charge in [-0.05, 0) is 44.7 Å². The number of piperidine rings is 1. The summed E-state index contributed by atoms with van der Waals surface area (Å²) in [5.41, 5.74) is 1.22. The van der Waals surface area contributed by atoms with Gasteiger partial charge in [0.05, 0.1) is 12.7 Å². The van der Waals surface area contributed by atoms with Crippen molar-refractivity contribution < 1.29 is 14.6 Å². The van der Waals surface area contributed by atoms with Crippen LogP contribution in [0.4, 0.5) is 4.79 Å². The second-order valence-electron chi connectivity index (χ2n) is 5.84. The fourth-order valence-corrected chi connectivity index (χ4v) is 2.50. The van der Waals surface area contributed by atoms with Crippen molar-refractivity contribution in [1.29, 1.82) is 0 Å². The average Bonchev–Trinajstić information content (AvgIpc) is 2.52. The maximum Gasteiger partial charge on any atom is 0.317 e. The summed E-state index contributed by atoms with van der Waals surface area (Å²) in [4.78, 5) is 13.6. The maximum atomic E-state index is 11.9. The molecule has 2 rings (SSSR count). The molecule has 0 aliphatic carbocycles. The normalized spacial score (nSPS) is 18.1. The summed E-state index contributed by atoms with van der Waals surface area (Å²) in [6, 6.07) is 7.93. The fraction of sp³-hybridized carbons (Fsp3) is 0.588. The Hall–Kier alpha value is -1.75. The number of aryl methyl sites for hydroxylation is 1. The lowest BCUT2D eigenvalue weighted by Gasteiger charge is -2.30. The average molecular weight is 306 g/mol. The van der Waals surface area contributed by atoms with Gasteiger partial charge >= 0.3 is 6.03 Å². The third kappa shape index (κ3) is 5.56. The van der Waals surface area contributed by atoms with E-state index in [1.165, 1.54) is 5.56 Å². The van der Waals surface area contributed by atoms with E-state index in [4.69, 9.17) is 4.74 Å². The first-order valence-electron chi connectivity index (χ1n) is 8.05. The molecule has 1 atom stereocenters. The van der Waals surface area contributed by atoms with Gasteiger partial charge in [-0.3, -0.25) is 0 Å². The first kappa shape index (κ1) is 16.6. The molecule has 1 unspecified atom stereocenters. The van der Waals surface area contributed by atoms with Crippen LogP contribution < -0.4 is 10.1 Å². The number of likely N-dealkylation sites (tertiary alicyclic amines) is 1. The quantitative estimate of drug-likeness (QED) is 0.793. The predicted octanol–water partition coefficient (Wildman–Crippen LogP) is 2.32. The summed E-state index contributed by atoms with van der Waals surface area (Å²) in [6.07, 6.45) is 3.08. The lowest BCUT2D eigenvalue weighted by atomic mass is 10.1. The molecule has 1 heterocycles. The summed E-state index contributed by atoms with van der Waals surface area (Å²) in [5.74, 6) is 0.886. The van der Waals surface area contributed by atoms with Gasteiger partial charge in [-0.25, -0.2) is 4.79 Å². The Kier molecular flexibility index (Phi) is 6.52. The van der Waals surface area contributed by atoms with Crippen molar-refractivity contribution in [2.45, 2.75) is 38.7 Å². The highest BCUT2D eigenvalue weighted by Gasteiger charge is 2.21. The molecular formula is C17H26N2O3. The van der Waals surface area contributed by atoms with Gasteiger partial charge in [-0.2, -0.15) is 0 Å². The van der Waals surface area contributed by atoms with Gasteiger partial charge in [0.1, 0.15) is 5.75 Å². The summed E-state index contributed by atoms with van der Waals surface area (Å²) in [6.45, 7) is 4.53. The number of nitrogens with zero attached hydrogens (tertiary/aromatic N) is 1. The van der Waals surface area contributed by atoms with Crippen LogP contribution in [0.1, 0.15) is 31.2 Å². The number of rotatable bonds is 6. The molecule has 2 amide bonds. The molecule has 1 saturated heterocycles. The van der Waals surface area contributed by atoms with Crippen LogP contribution in [0.2, 0.25) is 0 Å². The van der Waals surface area contributed by atoms with Gasteiger partial charge in [0.15, 0.2) is 0 Å². The Morgan fingerprint density at radius 2 is 2.14 bits per heavy atom. The van der Waals surface area contributed by atoms with Gasteiger partial charge in [0, 0.05) is 19.6 Å². The topological polar surface area (TPSA) is 61.8 Å². The summed E-state index contributed by atoms with van der Waals surface area (Å²) in [5, 5.41) is 12.5. The zero-order valence-corrected chi connectivity index (χ0v) is 13.3. The number of aliphatic hydroxyl groups excluding tert-OH is 1. The number of unbranched alkanes of at least 4 members (excludes halogenated alkanes) is 1. The summed E-state index contributed by atoms with van der Waals surface area (Å²) < 4.78 is 5.64. The number of hydrogen-bond donors (Lipinski definition) is 2. The van der Waals surface area contributed by atoms with E-state index in [0.29, 0.717) is 19.7 Å². The van der Waals surface area contributed by atoms with Gasteiger partial charge in [-0.15, -0.1) is 0 Å². The molecule has 1 fully saturated rings. The number of carbonyl (C=O) groups excluding carboxylic acids is 1. The molecule has 1 aromatic carbocycles. The first-order chi connectivity index (χ1) is 10.6. The number of nitrogens with one attached hydrogen (secondary N) is 1. The Labute approximate surface area is 132 Å². The molecule has 1 aliphatic rings. The minimum atomic E-state index is -0.373. The number of β-amino-alcohol motifs (C(OH)–C–C–N with tert-alkyl or cyclic N) is 1. The van der Waals surface area contributed by atoms with Crippen molar-refractivity contribution in [3.63, 3.8) is 0 Å². The van der Waals surface area contributed by atoms with Gasteiger partial charge in [0.2, 0.25) is 0 Å². The molecule has 1 aliphatic heterocycles. The number of urea groups is 1. The minimum Gasteiger partial charge on any atom is -0.494 e. The van der Waals surface area contributed by atoms with Crippen molar-refractivity contribution >= 4 is 6.03 Å². The van der Waals surface area contributed by atoms with Gasteiger partial charge < -0.3 is 20.1 Å². The Bertz CT molecular complexity index is 461. The highest BCUT2D eigenvalue weighted by Crippen LogP contribution is 2.12. The smallest absolute Gasteiger partial charge is 0.317 e. The van der Waals surface area contributed by atoms with Gasteiger partial charge in [0.25, 0.3) is 0 Å². The second kappa shape index (κ2) is 8.63. The Morgan fingerprint density at radius 1 is 1.36 bits per heavy atom. The summed E-state index contributed by atoms with van der Waals surface area (Å²) >= 11 is 0. The zero-order valence-electron chi connectivity index (χ0n) is 13.3. The SMILES string of the molecule is Cc1ccc(OCCCCNC(=O)N2CCCC(O)C2)cc1. The molecule has 0 spiro atoms. The van der Waals surface area contributed by atoms with Crippen LogP contribution in [0, 0.1) is 6.92 Å². The molecule has 2 N–H and O–H groups in total. The van der Waals surface area contributed by atoms with Crippen molar-refractivity contribution in [3.05, 3.63) is 29.8 Å². The third-order valence-electron chi connectivity index (χ3n) is 3.82. The maximum absolute atomic E-state index is 11.9. The van der Waals surface area contributed by atoms with Crippen LogP contribution in [0.25, 0.3) is 0 Å². The number of aliphatic hydroxyl groups is 1. The number of amides is 2. The fourth-order valence-electron chi connectivity index (χ4n) is 2.50. The zero-order chi connectivity index (χ0) is 15.8. The van der Waals surface area contributed by atoms with E-state index < -0.39 is 0 Å². The summed E-state index contributed by atoms with van der Waals surface area (Å²) in [7, 11) is 0. The minimum absolute atomic E-state index is 0.0711. The van der Waals surface area contributed by atoms with Crippen LogP contribution in [0.5, 0.6) is 5.75 Å². The molecule has 5 heteroatoms. The molecule has 5 nitrogen and oxygen atoms in total. The number of hydrogen-bond acceptors (Lipinski definition) is 3. The molecule has 0 bridgehead atoms. The van der Waals surface area contributed by atoms with Crippen molar-refractivity contribution in [2.75, 3.05) is 26.2 Å². The number of benzene rings is 1. The molecule has 0 aromatic heterocycles. The van der Waals surface area contributed by atoms with Crippen molar-refractivity contribution in [1.82, 2.24) is 10.2 Å². The van der Waals surface area contributed by atoms with E-state index in [-0.39, 0.29) is 12.1 Å². The predicted molar refractivity (Wildman–Crippen MR) is 86.1 cm³/mol. The van der Waals surface area contributed by atoms with E-state index in [0.717, 1.165) is 38.0 Å². The molecule has 22 heavy (non-hydrogen) atoms. The van der Waals surface area contributed by atoms with Crippen molar-refractivity contribution in [3.8, 4) is 5.75 Å². The molecule has 1 aromatic rings. The monoisotopic (exact) mass is 306 g/mol. The Morgan fingerprint density at radius 3 is 2.86 bits per heavy atom. The van der Waals surface area contributed by atoms with E-state index in [1.54, 1.807) is 4.90 Å². The largest absolute Gasteiger partial charge is 0.494 e. The van der Waals surface area contributed by atoms with E-state index in [9.17, 15) is 9.90 Å². The lowest BCUT2D eigenvalue weighted by molar-refractivity contribution is 0.0842. The highest BCUT2D eigenvalue weighted by atomic mass is 16.5. The van der Waals surface area contributed by atoms with Gasteiger partial charge in [-0.1, -0.05) is 17.7 Å². The lowest BCUT2D eigenvalue weighted by Crippen LogP contribution is -2.47. The third-order valence-corrected chi connectivity index (χ3v) is 3.82. The highest BCUT2D eigenvalue weighted by molar-refractivity contribution is 5.74. The van der Waals surface area contributed by atoms with Crippen LogP contribution in [0.3, 0.4) is 0 Å². The number of carbonyl (C=O) groups is 1. The molecule has 122 valence electrons. The van der Waals surface area contributed by atoms with Crippen LogP contribution in [0.15, 0.2) is 24.3 Å². The Balaban J connectivity index is 1.53. The van der Waals surface area contributed by atoms with E-state index >= 15 is 0 Å². The number of ether oxygens (including phenoxy) is 1. The van der Waals surface area contributed by atoms with Crippen LogP contribution >= 0.6 is 0 Å². The molecule has 0 radical (unpaired) electrons. The van der Waals surface area contributed by atoms with Crippen LogP contribution in [-0.4, -0.2) is 48.4 Å². The van der Waals surface area contributed by atoms with Crippen LogP contribution in [-0.2, 0) is 0 Å². The second-order valence-corrected chi connectivity index (χ2v) is 5.84.